The molecule has 0 spiro atoms. The quantitative estimate of drug-likeness (QED) is 0.169. The monoisotopic (exact) mass is 648 g/mol. The van der Waals surface area contributed by atoms with E-state index in [0.29, 0.717) is 0 Å². The van der Waals surface area contributed by atoms with Crippen molar-refractivity contribution in [2.24, 2.45) is 0 Å². The van der Waals surface area contributed by atoms with Gasteiger partial charge in [0.25, 0.3) is 0 Å². The summed E-state index contributed by atoms with van der Waals surface area (Å²) in [6.45, 7) is 0. The molecule has 10 aromatic rings. The van der Waals surface area contributed by atoms with E-state index in [2.05, 4.69) is 194 Å². The Morgan fingerprint density at radius 2 is 0.784 bits per heavy atom. The first kappa shape index (κ1) is 29.2. The highest BCUT2D eigenvalue weighted by Crippen LogP contribution is 2.51. The summed E-state index contributed by atoms with van der Waals surface area (Å²) >= 11 is 0. The second kappa shape index (κ2) is 12.0. The molecule has 1 heterocycles. The lowest BCUT2D eigenvalue weighted by Crippen LogP contribution is -1.94. The first-order valence-electron chi connectivity index (χ1n) is 17.5. The smallest absolute Gasteiger partial charge is 0.144 e. The van der Waals surface area contributed by atoms with E-state index in [1.165, 1.54) is 60.3 Å². The molecule has 0 bridgehead atoms. The fourth-order valence-corrected chi connectivity index (χ4v) is 7.94. The molecule has 0 radical (unpaired) electrons. The van der Waals surface area contributed by atoms with E-state index < -0.39 is 0 Å². The van der Waals surface area contributed by atoms with E-state index in [-0.39, 0.29) is 0 Å². The van der Waals surface area contributed by atoms with Crippen LogP contribution in [0.5, 0.6) is 0 Å². The second-order valence-corrected chi connectivity index (χ2v) is 13.2. The predicted molar refractivity (Wildman–Crippen MR) is 216 cm³/mol. The third-order valence-electron chi connectivity index (χ3n) is 10.3. The molecule has 0 aliphatic carbocycles. The largest absolute Gasteiger partial charge is 0.455 e. The summed E-state index contributed by atoms with van der Waals surface area (Å²) in [4.78, 5) is 0. The second-order valence-electron chi connectivity index (χ2n) is 13.2. The molecule has 0 N–H and O–H groups in total. The SMILES string of the molecule is c1ccc(-c2ccc(-c3c4ccccc4c(-c4oc5ccccc5c4-c4ccccc4)c4cc5ccccc5cc34)c(-c3ccccc3)c2)cc1. The molecule has 10 rings (SSSR count). The van der Waals surface area contributed by atoms with Gasteiger partial charge in [-0.1, -0.05) is 170 Å². The highest BCUT2D eigenvalue weighted by molar-refractivity contribution is 6.25. The van der Waals surface area contributed by atoms with Gasteiger partial charge in [0.15, 0.2) is 0 Å². The molecule has 0 aliphatic rings. The van der Waals surface area contributed by atoms with Gasteiger partial charge in [-0.2, -0.15) is 0 Å². The first-order chi connectivity index (χ1) is 25.3. The van der Waals surface area contributed by atoms with Crippen LogP contribution >= 0.6 is 0 Å². The summed E-state index contributed by atoms with van der Waals surface area (Å²) in [6, 6.07) is 69.9. The van der Waals surface area contributed by atoms with E-state index in [4.69, 9.17) is 4.42 Å². The molecule has 0 atom stereocenters. The topological polar surface area (TPSA) is 13.1 Å². The number of fused-ring (bicyclic) bond motifs is 4. The standard InChI is InChI=1S/C50H32O/c1-4-16-33(17-5-1)38-28-29-41(43(30-38)34-18-6-2-7-19-34)48-39-24-12-13-25-40(39)49(45-32-37-23-11-10-22-36(37)31-44(45)48)50-47(35-20-8-3-9-21-35)42-26-14-15-27-46(42)51-50/h1-32H. The normalized spacial score (nSPS) is 11.5. The van der Waals surface area contributed by atoms with Crippen molar-refractivity contribution in [3.8, 4) is 55.8 Å². The molecule has 0 saturated heterocycles. The Kier molecular flexibility index (Phi) is 6.89. The summed E-state index contributed by atoms with van der Waals surface area (Å²) in [5.41, 5.74) is 11.5. The van der Waals surface area contributed by atoms with E-state index in [1.807, 2.05) is 0 Å². The number of hydrogen-bond donors (Lipinski definition) is 0. The van der Waals surface area contributed by atoms with Crippen LogP contribution < -0.4 is 0 Å². The Morgan fingerprint density at radius 3 is 1.45 bits per heavy atom. The Bertz CT molecular complexity index is 2880. The van der Waals surface area contributed by atoms with Gasteiger partial charge in [0.2, 0.25) is 0 Å². The van der Waals surface area contributed by atoms with Gasteiger partial charge in [0.1, 0.15) is 11.3 Å². The molecule has 1 nitrogen and oxygen atoms in total. The van der Waals surface area contributed by atoms with Crippen LogP contribution in [0.3, 0.4) is 0 Å². The average molecular weight is 649 g/mol. The summed E-state index contributed by atoms with van der Waals surface area (Å²) in [5.74, 6) is 0.896. The van der Waals surface area contributed by atoms with Crippen LogP contribution in [-0.2, 0) is 0 Å². The van der Waals surface area contributed by atoms with Gasteiger partial charge in [-0.25, -0.2) is 0 Å². The molecule has 0 fully saturated rings. The Balaban J connectivity index is 1.37. The summed E-state index contributed by atoms with van der Waals surface area (Å²) in [7, 11) is 0. The van der Waals surface area contributed by atoms with Crippen molar-refractivity contribution in [2.75, 3.05) is 0 Å². The van der Waals surface area contributed by atoms with Gasteiger partial charge >= 0.3 is 0 Å². The van der Waals surface area contributed by atoms with Gasteiger partial charge in [-0.3, -0.25) is 0 Å². The molecular formula is C50H32O. The average Bonchev–Trinajstić information content (AvgIpc) is 3.59. The van der Waals surface area contributed by atoms with Crippen molar-refractivity contribution in [1.82, 2.24) is 0 Å². The molecule has 0 amide bonds. The van der Waals surface area contributed by atoms with E-state index in [9.17, 15) is 0 Å². The van der Waals surface area contributed by atoms with E-state index >= 15 is 0 Å². The van der Waals surface area contributed by atoms with Crippen molar-refractivity contribution in [2.45, 2.75) is 0 Å². The molecule has 9 aromatic carbocycles. The molecule has 1 heteroatoms. The van der Waals surface area contributed by atoms with Crippen molar-refractivity contribution in [3.05, 3.63) is 194 Å². The Labute approximate surface area is 296 Å². The summed E-state index contributed by atoms with van der Waals surface area (Å²) < 4.78 is 6.97. The molecular weight excluding hydrogens is 617 g/mol. The lowest BCUT2D eigenvalue weighted by Gasteiger charge is -2.21. The maximum atomic E-state index is 6.97. The van der Waals surface area contributed by atoms with Crippen molar-refractivity contribution >= 4 is 43.3 Å². The van der Waals surface area contributed by atoms with Gasteiger partial charge in [0, 0.05) is 16.5 Å². The number of benzene rings is 9. The highest BCUT2D eigenvalue weighted by Gasteiger charge is 2.25. The van der Waals surface area contributed by atoms with Crippen LogP contribution in [0, 0.1) is 0 Å². The first-order valence-corrected chi connectivity index (χ1v) is 17.5. The van der Waals surface area contributed by atoms with E-state index in [0.717, 1.165) is 38.8 Å². The Morgan fingerprint density at radius 1 is 0.275 bits per heavy atom. The zero-order valence-electron chi connectivity index (χ0n) is 27.9. The van der Waals surface area contributed by atoms with Crippen LogP contribution in [0.1, 0.15) is 0 Å². The highest BCUT2D eigenvalue weighted by atomic mass is 16.3. The minimum Gasteiger partial charge on any atom is -0.455 e. The Hall–Kier alpha value is -6.70. The van der Waals surface area contributed by atoms with Gasteiger partial charge in [0.05, 0.1) is 0 Å². The lowest BCUT2D eigenvalue weighted by atomic mass is 9.82. The predicted octanol–water partition coefficient (Wildman–Crippen LogP) is 14.2. The molecule has 0 aliphatic heterocycles. The lowest BCUT2D eigenvalue weighted by molar-refractivity contribution is 0.634. The fourth-order valence-electron chi connectivity index (χ4n) is 7.94. The number of para-hydroxylation sites is 1. The maximum Gasteiger partial charge on any atom is 0.144 e. The minimum atomic E-state index is 0.885. The summed E-state index contributed by atoms with van der Waals surface area (Å²) in [6.07, 6.45) is 0. The van der Waals surface area contributed by atoms with Crippen LogP contribution in [0.15, 0.2) is 199 Å². The van der Waals surface area contributed by atoms with Gasteiger partial charge in [-0.05, 0) is 95.5 Å². The minimum absolute atomic E-state index is 0.885. The van der Waals surface area contributed by atoms with Crippen molar-refractivity contribution in [1.29, 1.82) is 0 Å². The fraction of sp³-hybridized carbons (Fsp3) is 0. The van der Waals surface area contributed by atoms with Crippen LogP contribution in [0.4, 0.5) is 0 Å². The molecule has 51 heavy (non-hydrogen) atoms. The third kappa shape index (κ3) is 4.86. The molecule has 0 unspecified atom stereocenters. The zero-order valence-corrected chi connectivity index (χ0v) is 27.9. The van der Waals surface area contributed by atoms with E-state index in [1.54, 1.807) is 0 Å². The van der Waals surface area contributed by atoms with Crippen LogP contribution in [-0.4, -0.2) is 0 Å². The van der Waals surface area contributed by atoms with Crippen LogP contribution in [0.25, 0.3) is 99.1 Å². The van der Waals surface area contributed by atoms with Gasteiger partial charge < -0.3 is 4.42 Å². The molecule has 238 valence electrons. The number of hydrogen-bond acceptors (Lipinski definition) is 1. The molecule has 1 aromatic heterocycles. The molecule has 0 saturated carbocycles. The van der Waals surface area contributed by atoms with Gasteiger partial charge in [-0.15, -0.1) is 0 Å². The van der Waals surface area contributed by atoms with Crippen LogP contribution in [0.2, 0.25) is 0 Å². The third-order valence-corrected chi connectivity index (χ3v) is 10.3. The zero-order chi connectivity index (χ0) is 33.7. The summed E-state index contributed by atoms with van der Waals surface area (Å²) in [5, 5.41) is 8.26. The number of furan rings is 1. The maximum absolute atomic E-state index is 6.97. The van der Waals surface area contributed by atoms with Crippen molar-refractivity contribution in [3.63, 3.8) is 0 Å². The number of rotatable bonds is 5. The van der Waals surface area contributed by atoms with Crippen molar-refractivity contribution < 1.29 is 4.42 Å².